The third-order valence-corrected chi connectivity index (χ3v) is 4.70. The van der Waals surface area contributed by atoms with Gasteiger partial charge in [0.25, 0.3) is 0 Å². The first-order valence-corrected chi connectivity index (χ1v) is 7.87. The molecule has 1 heteroatoms. The molecule has 0 saturated carbocycles. The standard InChI is InChI=1S/C18H25N/c1-2-19-18(14-8-4-3-5-9-14)17-12-15-10-6-7-11-16(15)13-17/h6-8,10-11,17-19H,2-5,9,12-13H2,1H3. The predicted molar refractivity (Wildman–Crippen MR) is 81.4 cm³/mol. The molecule has 0 aromatic heterocycles. The summed E-state index contributed by atoms with van der Waals surface area (Å²) in [7, 11) is 0. The zero-order valence-corrected chi connectivity index (χ0v) is 12.0. The molecule has 0 spiro atoms. The molecule has 0 fully saturated rings. The van der Waals surface area contributed by atoms with Crippen molar-refractivity contribution >= 4 is 0 Å². The summed E-state index contributed by atoms with van der Waals surface area (Å²) in [6, 6.07) is 9.60. The van der Waals surface area contributed by atoms with E-state index in [0.29, 0.717) is 6.04 Å². The third-order valence-electron chi connectivity index (χ3n) is 4.70. The maximum absolute atomic E-state index is 3.76. The third kappa shape index (κ3) is 2.76. The van der Waals surface area contributed by atoms with E-state index < -0.39 is 0 Å². The monoisotopic (exact) mass is 255 g/mol. The minimum absolute atomic E-state index is 0.609. The SMILES string of the molecule is CCNC(C1=CCCCC1)C1Cc2ccccc2C1. The number of nitrogens with one attached hydrogen (secondary N) is 1. The van der Waals surface area contributed by atoms with Gasteiger partial charge in [0, 0.05) is 6.04 Å². The van der Waals surface area contributed by atoms with E-state index in [2.05, 4.69) is 42.6 Å². The van der Waals surface area contributed by atoms with Gasteiger partial charge < -0.3 is 5.32 Å². The Bertz CT molecular complexity index is 436. The summed E-state index contributed by atoms with van der Waals surface area (Å²) < 4.78 is 0. The highest BCUT2D eigenvalue weighted by atomic mass is 14.9. The molecule has 0 aliphatic heterocycles. The maximum atomic E-state index is 3.76. The first-order valence-electron chi connectivity index (χ1n) is 7.87. The van der Waals surface area contributed by atoms with Gasteiger partial charge >= 0.3 is 0 Å². The van der Waals surface area contributed by atoms with Crippen molar-refractivity contribution in [2.75, 3.05) is 6.54 Å². The number of hydrogen-bond acceptors (Lipinski definition) is 1. The van der Waals surface area contributed by atoms with Crippen molar-refractivity contribution in [3.8, 4) is 0 Å². The lowest BCUT2D eigenvalue weighted by Crippen LogP contribution is -2.38. The van der Waals surface area contributed by atoms with Crippen LogP contribution in [-0.4, -0.2) is 12.6 Å². The molecule has 2 aliphatic rings. The minimum Gasteiger partial charge on any atom is -0.310 e. The van der Waals surface area contributed by atoms with Crippen LogP contribution in [0.3, 0.4) is 0 Å². The number of benzene rings is 1. The van der Waals surface area contributed by atoms with E-state index in [-0.39, 0.29) is 0 Å². The lowest BCUT2D eigenvalue weighted by atomic mass is 9.85. The van der Waals surface area contributed by atoms with Gasteiger partial charge in [-0.1, -0.05) is 42.8 Å². The van der Waals surface area contributed by atoms with E-state index in [1.807, 2.05) is 0 Å². The van der Waals surface area contributed by atoms with Crippen LogP contribution in [0.15, 0.2) is 35.9 Å². The van der Waals surface area contributed by atoms with Crippen molar-refractivity contribution in [3.05, 3.63) is 47.0 Å². The lowest BCUT2D eigenvalue weighted by Gasteiger charge is -2.29. The topological polar surface area (TPSA) is 12.0 Å². The Labute approximate surface area is 117 Å². The number of fused-ring (bicyclic) bond motifs is 1. The Morgan fingerprint density at radius 2 is 1.89 bits per heavy atom. The van der Waals surface area contributed by atoms with Gasteiger partial charge in [0.2, 0.25) is 0 Å². The van der Waals surface area contributed by atoms with Gasteiger partial charge in [-0.25, -0.2) is 0 Å². The molecule has 0 saturated heterocycles. The molecular weight excluding hydrogens is 230 g/mol. The summed E-state index contributed by atoms with van der Waals surface area (Å²) in [4.78, 5) is 0. The van der Waals surface area contributed by atoms with Crippen molar-refractivity contribution < 1.29 is 0 Å². The highest BCUT2D eigenvalue weighted by Gasteiger charge is 2.30. The molecule has 1 unspecified atom stereocenters. The molecule has 2 aliphatic carbocycles. The second-order valence-corrected chi connectivity index (χ2v) is 6.00. The Morgan fingerprint density at radius 1 is 1.16 bits per heavy atom. The first kappa shape index (κ1) is 12.9. The molecule has 102 valence electrons. The number of likely N-dealkylation sites (N-methyl/N-ethyl adjacent to an activating group) is 1. The van der Waals surface area contributed by atoms with Gasteiger partial charge in [0.1, 0.15) is 0 Å². The van der Waals surface area contributed by atoms with Gasteiger partial charge in [0.15, 0.2) is 0 Å². The van der Waals surface area contributed by atoms with Crippen LogP contribution in [0.4, 0.5) is 0 Å². The summed E-state index contributed by atoms with van der Waals surface area (Å²) in [5, 5.41) is 3.76. The molecule has 1 atom stereocenters. The molecule has 0 heterocycles. The van der Waals surface area contributed by atoms with E-state index >= 15 is 0 Å². The highest BCUT2D eigenvalue weighted by molar-refractivity contribution is 5.34. The Hall–Kier alpha value is -1.08. The molecule has 1 nitrogen and oxygen atoms in total. The van der Waals surface area contributed by atoms with E-state index in [0.717, 1.165) is 12.5 Å². The zero-order valence-electron chi connectivity index (χ0n) is 12.0. The molecule has 19 heavy (non-hydrogen) atoms. The first-order chi connectivity index (χ1) is 9.38. The van der Waals surface area contributed by atoms with E-state index in [4.69, 9.17) is 0 Å². The predicted octanol–water partition coefficient (Wildman–Crippen LogP) is 3.88. The maximum Gasteiger partial charge on any atom is 0.0314 e. The highest BCUT2D eigenvalue weighted by Crippen LogP contribution is 2.33. The van der Waals surface area contributed by atoms with Crippen LogP contribution < -0.4 is 5.32 Å². The second-order valence-electron chi connectivity index (χ2n) is 6.00. The molecule has 1 aromatic carbocycles. The molecule has 0 radical (unpaired) electrons. The largest absolute Gasteiger partial charge is 0.310 e. The van der Waals surface area contributed by atoms with Crippen LogP contribution in [0.5, 0.6) is 0 Å². The van der Waals surface area contributed by atoms with Gasteiger partial charge in [-0.2, -0.15) is 0 Å². The van der Waals surface area contributed by atoms with Gasteiger partial charge in [-0.15, -0.1) is 0 Å². The fourth-order valence-electron chi connectivity index (χ4n) is 3.79. The molecule has 3 rings (SSSR count). The number of hydrogen-bond donors (Lipinski definition) is 1. The van der Waals surface area contributed by atoms with E-state index in [1.165, 1.54) is 38.5 Å². The normalized spacial score (nSPS) is 21.0. The van der Waals surface area contributed by atoms with Crippen LogP contribution in [0, 0.1) is 5.92 Å². The summed E-state index contributed by atoms with van der Waals surface area (Å²) >= 11 is 0. The molecule has 1 aromatic rings. The summed E-state index contributed by atoms with van der Waals surface area (Å²) in [5.41, 5.74) is 4.84. The summed E-state index contributed by atoms with van der Waals surface area (Å²) in [5.74, 6) is 0.765. The fraction of sp³-hybridized carbons (Fsp3) is 0.556. The van der Waals surface area contributed by atoms with Crippen molar-refractivity contribution in [1.29, 1.82) is 0 Å². The van der Waals surface area contributed by atoms with Crippen LogP contribution in [0.1, 0.15) is 43.7 Å². The summed E-state index contributed by atoms with van der Waals surface area (Å²) in [6.07, 6.45) is 10.4. The lowest BCUT2D eigenvalue weighted by molar-refractivity contribution is 0.397. The number of allylic oxidation sites excluding steroid dienone is 1. The molecule has 0 amide bonds. The Kier molecular flexibility index (Phi) is 4.03. The van der Waals surface area contributed by atoms with Gasteiger partial charge in [-0.05, 0) is 62.1 Å². The van der Waals surface area contributed by atoms with Crippen LogP contribution in [0.25, 0.3) is 0 Å². The minimum atomic E-state index is 0.609. The molecular formula is C18H25N. The van der Waals surface area contributed by atoms with Crippen LogP contribution >= 0.6 is 0 Å². The zero-order chi connectivity index (χ0) is 13.1. The van der Waals surface area contributed by atoms with Crippen LogP contribution in [-0.2, 0) is 12.8 Å². The van der Waals surface area contributed by atoms with Crippen LogP contribution in [0.2, 0.25) is 0 Å². The average molecular weight is 255 g/mol. The van der Waals surface area contributed by atoms with Crippen molar-refractivity contribution in [3.63, 3.8) is 0 Å². The molecule has 1 N–H and O–H groups in total. The van der Waals surface area contributed by atoms with Gasteiger partial charge in [0.05, 0.1) is 0 Å². The van der Waals surface area contributed by atoms with Crippen molar-refractivity contribution in [2.24, 2.45) is 5.92 Å². The Balaban J connectivity index is 1.77. The van der Waals surface area contributed by atoms with E-state index in [9.17, 15) is 0 Å². The van der Waals surface area contributed by atoms with Gasteiger partial charge in [-0.3, -0.25) is 0 Å². The van der Waals surface area contributed by atoms with Crippen molar-refractivity contribution in [1.82, 2.24) is 5.32 Å². The fourth-order valence-corrected chi connectivity index (χ4v) is 3.79. The number of rotatable bonds is 4. The van der Waals surface area contributed by atoms with Crippen molar-refractivity contribution in [2.45, 2.75) is 51.5 Å². The summed E-state index contributed by atoms with van der Waals surface area (Å²) in [6.45, 7) is 3.31. The van der Waals surface area contributed by atoms with E-state index in [1.54, 1.807) is 16.7 Å². The quantitative estimate of drug-likeness (QED) is 0.805. The smallest absolute Gasteiger partial charge is 0.0314 e. The Morgan fingerprint density at radius 3 is 2.47 bits per heavy atom. The average Bonchev–Trinajstić information content (AvgIpc) is 2.89. The molecule has 0 bridgehead atoms. The second kappa shape index (κ2) is 5.92.